The molecule has 0 amide bonds. The number of nitrogens with one attached hydrogen (secondary N) is 1. The summed E-state index contributed by atoms with van der Waals surface area (Å²) in [6.07, 6.45) is 2.57. The molecule has 1 aromatic carbocycles. The molecule has 1 saturated heterocycles. The number of benzene rings is 1. The van der Waals surface area contributed by atoms with Gasteiger partial charge in [0.2, 0.25) is 0 Å². The molecule has 3 heteroatoms. The van der Waals surface area contributed by atoms with Gasteiger partial charge in [-0.15, -0.1) is 0 Å². The van der Waals surface area contributed by atoms with Crippen LogP contribution in [0.5, 0.6) is 0 Å². The van der Waals surface area contributed by atoms with Crippen molar-refractivity contribution in [2.75, 3.05) is 40.3 Å². The van der Waals surface area contributed by atoms with Gasteiger partial charge in [0.05, 0.1) is 5.54 Å². The van der Waals surface area contributed by atoms with Crippen LogP contribution < -0.4 is 5.32 Å². The molecule has 1 heterocycles. The predicted octanol–water partition coefficient (Wildman–Crippen LogP) is 2.54. The Morgan fingerprint density at radius 3 is 2.62 bits per heavy atom. The van der Waals surface area contributed by atoms with E-state index in [1.165, 1.54) is 31.5 Å². The minimum absolute atomic E-state index is 0.0787. The zero-order valence-corrected chi connectivity index (χ0v) is 14.1. The van der Waals surface area contributed by atoms with E-state index in [1.54, 1.807) is 0 Å². The maximum atomic E-state index is 3.75. The highest BCUT2D eigenvalue weighted by atomic mass is 15.2. The van der Waals surface area contributed by atoms with E-state index < -0.39 is 0 Å². The van der Waals surface area contributed by atoms with Crippen LogP contribution in [0.25, 0.3) is 0 Å². The topological polar surface area (TPSA) is 18.5 Å². The molecule has 2 unspecified atom stereocenters. The summed E-state index contributed by atoms with van der Waals surface area (Å²) in [4.78, 5) is 4.93. The number of hydrogen-bond donors (Lipinski definition) is 1. The van der Waals surface area contributed by atoms with Crippen molar-refractivity contribution in [3.05, 3.63) is 35.9 Å². The second-order valence-electron chi connectivity index (χ2n) is 6.91. The highest BCUT2D eigenvalue weighted by molar-refractivity contribution is 5.25. The average molecular weight is 289 g/mol. The minimum atomic E-state index is 0.0787. The predicted molar refractivity (Wildman–Crippen MR) is 90.6 cm³/mol. The third-order valence-corrected chi connectivity index (χ3v) is 4.64. The van der Waals surface area contributed by atoms with Crippen LogP contribution in [0.15, 0.2) is 30.3 Å². The van der Waals surface area contributed by atoms with Gasteiger partial charge < -0.3 is 10.2 Å². The molecular weight excluding hydrogens is 258 g/mol. The molecule has 0 bridgehead atoms. The molecule has 0 saturated carbocycles. The maximum absolute atomic E-state index is 3.75. The van der Waals surface area contributed by atoms with Crippen molar-refractivity contribution >= 4 is 0 Å². The van der Waals surface area contributed by atoms with Crippen molar-refractivity contribution in [1.29, 1.82) is 0 Å². The maximum Gasteiger partial charge on any atom is 0.0535 e. The van der Waals surface area contributed by atoms with E-state index in [0.717, 1.165) is 13.1 Å². The van der Waals surface area contributed by atoms with Crippen LogP contribution in [0, 0.1) is 0 Å². The van der Waals surface area contributed by atoms with Gasteiger partial charge in [0.1, 0.15) is 0 Å². The lowest BCUT2D eigenvalue weighted by Crippen LogP contribution is -2.60. The Balaban J connectivity index is 1.92. The molecule has 1 aliphatic rings. The van der Waals surface area contributed by atoms with Crippen LogP contribution in [0.4, 0.5) is 0 Å². The molecule has 118 valence electrons. The van der Waals surface area contributed by atoms with Gasteiger partial charge in [0.25, 0.3) is 0 Å². The van der Waals surface area contributed by atoms with E-state index in [0.29, 0.717) is 6.04 Å². The third kappa shape index (κ3) is 4.53. The van der Waals surface area contributed by atoms with Gasteiger partial charge in [-0.2, -0.15) is 0 Å². The van der Waals surface area contributed by atoms with Crippen LogP contribution in [0.2, 0.25) is 0 Å². The fraction of sp³-hybridized carbons (Fsp3) is 0.667. The summed E-state index contributed by atoms with van der Waals surface area (Å²) in [5, 5.41) is 3.75. The van der Waals surface area contributed by atoms with Gasteiger partial charge in [-0.3, -0.25) is 4.90 Å². The zero-order valence-electron chi connectivity index (χ0n) is 14.1. The Morgan fingerprint density at radius 2 is 1.95 bits per heavy atom. The SMILES string of the molecule is CC1CNC(C)(c2ccccc2)CN1CCCCN(C)C. The van der Waals surface area contributed by atoms with Crippen LogP contribution in [-0.2, 0) is 5.54 Å². The van der Waals surface area contributed by atoms with Crippen molar-refractivity contribution in [1.82, 2.24) is 15.1 Å². The van der Waals surface area contributed by atoms with Gasteiger partial charge in [0, 0.05) is 19.1 Å². The fourth-order valence-electron chi connectivity index (χ4n) is 3.16. The Hall–Kier alpha value is -0.900. The Labute approximate surface area is 130 Å². The summed E-state index contributed by atoms with van der Waals surface area (Å²) in [5.74, 6) is 0. The Morgan fingerprint density at radius 1 is 1.24 bits per heavy atom. The van der Waals surface area contributed by atoms with Crippen molar-refractivity contribution in [3.63, 3.8) is 0 Å². The van der Waals surface area contributed by atoms with E-state index in [1.807, 2.05) is 0 Å². The molecular formula is C18H31N3. The number of hydrogen-bond acceptors (Lipinski definition) is 3. The largest absolute Gasteiger partial charge is 0.309 e. The van der Waals surface area contributed by atoms with E-state index in [4.69, 9.17) is 0 Å². The van der Waals surface area contributed by atoms with Gasteiger partial charge in [-0.25, -0.2) is 0 Å². The highest BCUT2D eigenvalue weighted by Crippen LogP contribution is 2.26. The molecule has 1 aliphatic heterocycles. The lowest BCUT2D eigenvalue weighted by atomic mass is 9.88. The van der Waals surface area contributed by atoms with Gasteiger partial charge in [-0.1, -0.05) is 30.3 Å². The number of rotatable bonds is 6. The van der Waals surface area contributed by atoms with Crippen molar-refractivity contribution in [3.8, 4) is 0 Å². The van der Waals surface area contributed by atoms with E-state index in [-0.39, 0.29) is 5.54 Å². The lowest BCUT2D eigenvalue weighted by Gasteiger charge is -2.45. The zero-order chi connectivity index (χ0) is 15.3. The summed E-state index contributed by atoms with van der Waals surface area (Å²) in [5.41, 5.74) is 1.48. The summed E-state index contributed by atoms with van der Waals surface area (Å²) in [6.45, 7) is 9.24. The average Bonchev–Trinajstić information content (AvgIpc) is 2.48. The standard InChI is InChI=1S/C18H31N3/c1-16-14-19-18(2,17-10-6-5-7-11-17)15-21(16)13-9-8-12-20(3)4/h5-7,10-11,16,19H,8-9,12-15H2,1-4H3. The first-order valence-corrected chi connectivity index (χ1v) is 8.20. The molecule has 3 nitrogen and oxygen atoms in total. The molecule has 1 aromatic rings. The first kappa shape index (κ1) is 16.5. The summed E-state index contributed by atoms with van der Waals surface area (Å²) in [7, 11) is 4.31. The molecule has 0 aromatic heterocycles. The molecule has 2 rings (SSSR count). The minimum Gasteiger partial charge on any atom is -0.309 e. The Kier molecular flexibility index (Phi) is 5.80. The van der Waals surface area contributed by atoms with Gasteiger partial charge >= 0.3 is 0 Å². The first-order chi connectivity index (χ1) is 10.0. The highest BCUT2D eigenvalue weighted by Gasteiger charge is 2.34. The number of piperazine rings is 1. The quantitative estimate of drug-likeness (QED) is 0.812. The second-order valence-corrected chi connectivity index (χ2v) is 6.91. The van der Waals surface area contributed by atoms with Crippen molar-refractivity contribution in [2.45, 2.75) is 38.3 Å². The number of unbranched alkanes of at least 4 members (excludes halogenated alkanes) is 1. The number of nitrogens with zero attached hydrogens (tertiary/aromatic N) is 2. The molecule has 2 atom stereocenters. The van der Waals surface area contributed by atoms with Crippen LogP contribution in [0.1, 0.15) is 32.3 Å². The molecule has 0 radical (unpaired) electrons. The normalized spacial score (nSPS) is 27.2. The fourth-order valence-corrected chi connectivity index (χ4v) is 3.16. The molecule has 1 fully saturated rings. The van der Waals surface area contributed by atoms with Gasteiger partial charge in [0.15, 0.2) is 0 Å². The first-order valence-electron chi connectivity index (χ1n) is 8.20. The van der Waals surface area contributed by atoms with Crippen molar-refractivity contribution < 1.29 is 0 Å². The molecule has 0 aliphatic carbocycles. The van der Waals surface area contributed by atoms with Crippen molar-refractivity contribution in [2.24, 2.45) is 0 Å². The van der Waals surface area contributed by atoms with E-state index >= 15 is 0 Å². The van der Waals surface area contributed by atoms with Gasteiger partial charge in [-0.05, 0) is 59.4 Å². The summed E-state index contributed by atoms with van der Waals surface area (Å²) < 4.78 is 0. The smallest absolute Gasteiger partial charge is 0.0535 e. The monoisotopic (exact) mass is 289 g/mol. The lowest BCUT2D eigenvalue weighted by molar-refractivity contribution is 0.0923. The van der Waals surface area contributed by atoms with E-state index in [9.17, 15) is 0 Å². The van der Waals surface area contributed by atoms with Crippen LogP contribution >= 0.6 is 0 Å². The summed E-state index contributed by atoms with van der Waals surface area (Å²) in [6, 6.07) is 11.5. The molecule has 1 N–H and O–H groups in total. The molecule has 0 spiro atoms. The third-order valence-electron chi connectivity index (χ3n) is 4.64. The van der Waals surface area contributed by atoms with E-state index in [2.05, 4.69) is 73.4 Å². The molecule has 21 heavy (non-hydrogen) atoms. The van der Waals surface area contributed by atoms with Crippen LogP contribution in [0.3, 0.4) is 0 Å². The van der Waals surface area contributed by atoms with Crippen LogP contribution in [-0.4, -0.2) is 56.1 Å². The summed E-state index contributed by atoms with van der Waals surface area (Å²) >= 11 is 0. The second kappa shape index (κ2) is 7.39. The Bertz CT molecular complexity index is 418.